The Morgan fingerprint density at radius 2 is 2.45 bits per heavy atom. The Morgan fingerprint density at radius 3 is 3.20 bits per heavy atom. The highest BCUT2D eigenvalue weighted by atomic mass is 16.7. The van der Waals surface area contributed by atoms with Crippen LogP contribution in [0.2, 0.25) is 0 Å². The molecule has 2 aliphatic rings. The molecule has 0 aromatic carbocycles. The summed E-state index contributed by atoms with van der Waals surface area (Å²) in [6, 6.07) is 3.67. The minimum absolute atomic E-state index is 0.0161. The number of hydrogen-bond acceptors (Lipinski definition) is 4. The van der Waals surface area contributed by atoms with E-state index < -0.39 is 5.79 Å². The van der Waals surface area contributed by atoms with Crippen molar-refractivity contribution >= 4 is 5.97 Å². The number of methoxy groups -OCH3 is 1. The van der Waals surface area contributed by atoms with Crippen molar-refractivity contribution in [2.75, 3.05) is 7.11 Å². The summed E-state index contributed by atoms with van der Waals surface area (Å²) in [5.41, 5.74) is 1.52. The third kappa shape index (κ3) is 2.17. The molecular weight excluding hydrogens is 258 g/mol. The van der Waals surface area contributed by atoms with Gasteiger partial charge in [-0.25, -0.2) is 4.79 Å². The van der Waals surface area contributed by atoms with Crippen LogP contribution in [0.15, 0.2) is 24.8 Å². The molecule has 1 unspecified atom stereocenters. The van der Waals surface area contributed by atoms with E-state index >= 15 is 0 Å². The quantitative estimate of drug-likeness (QED) is 0.614. The second-order valence-corrected chi connectivity index (χ2v) is 5.27. The summed E-state index contributed by atoms with van der Waals surface area (Å²) >= 11 is 0. The van der Waals surface area contributed by atoms with Crippen LogP contribution in [0.25, 0.3) is 0 Å². The van der Waals surface area contributed by atoms with Crippen LogP contribution in [0.4, 0.5) is 0 Å². The number of ether oxygens (including phenoxy) is 3. The van der Waals surface area contributed by atoms with E-state index in [1.165, 1.54) is 7.11 Å². The summed E-state index contributed by atoms with van der Waals surface area (Å²) in [6.07, 6.45) is 4.66. The van der Waals surface area contributed by atoms with E-state index in [1.807, 2.05) is 16.7 Å². The molecule has 1 aromatic heterocycles. The van der Waals surface area contributed by atoms with Crippen LogP contribution in [-0.4, -0.2) is 29.5 Å². The summed E-state index contributed by atoms with van der Waals surface area (Å²) in [5.74, 6) is -0.976. The lowest BCUT2D eigenvalue weighted by Gasteiger charge is -2.43. The maximum absolute atomic E-state index is 11.8. The second-order valence-electron chi connectivity index (χ2n) is 5.27. The summed E-state index contributed by atoms with van der Waals surface area (Å²) in [7, 11) is 1.39. The predicted molar refractivity (Wildman–Crippen MR) is 72.2 cm³/mol. The Bertz CT molecular complexity index is 536. The fourth-order valence-corrected chi connectivity index (χ4v) is 2.95. The number of carbonyl (C=O) groups excluding carboxylic acids is 1. The first-order valence-electron chi connectivity index (χ1n) is 6.88. The highest BCUT2D eigenvalue weighted by Gasteiger charge is 2.42. The van der Waals surface area contributed by atoms with Crippen molar-refractivity contribution in [2.24, 2.45) is 0 Å². The fourth-order valence-electron chi connectivity index (χ4n) is 2.95. The molecule has 1 spiro atoms. The standard InChI is InChI=1S/C15H19NO4/c1-3-12-5-4-8-15(20-12)10-16-11(9-19-15)6-7-13(16)14(17)18-2/h3,6-7,12H,1,4-5,8-10H2,2H3/t12-,15?/m0/s1. The summed E-state index contributed by atoms with van der Waals surface area (Å²) in [5, 5.41) is 0. The van der Waals surface area contributed by atoms with Crippen molar-refractivity contribution in [1.29, 1.82) is 0 Å². The van der Waals surface area contributed by atoms with Crippen LogP contribution in [0.1, 0.15) is 35.4 Å². The number of rotatable bonds is 2. The van der Waals surface area contributed by atoms with Gasteiger partial charge in [0.15, 0.2) is 5.79 Å². The topological polar surface area (TPSA) is 49.7 Å². The molecule has 3 rings (SSSR count). The SMILES string of the molecule is C=C[C@H]1CCCC2(Cn3c(ccc3C(=O)OC)CO2)O1. The monoisotopic (exact) mass is 277 g/mol. The largest absolute Gasteiger partial charge is 0.464 e. The van der Waals surface area contributed by atoms with Crippen molar-refractivity contribution in [3.63, 3.8) is 0 Å². The first kappa shape index (κ1) is 13.4. The van der Waals surface area contributed by atoms with E-state index in [0.29, 0.717) is 18.8 Å². The third-order valence-electron chi connectivity index (χ3n) is 4.02. The van der Waals surface area contributed by atoms with Crippen LogP contribution >= 0.6 is 0 Å². The molecule has 0 aliphatic carbocycles. The van der Waals surface area contributed by atoms with Gasteiger partial charge in [0, 0.05) is 12.1 Å². The van der Waals surface area contributed by atoms with Gasteiger partial charge in [-0.15, -0.1) is 6.58 Å². The average Bonchev–Trinajstić information content (AvgIpc) is 2.89. The normalized spacial score (nSPS) is 28.9. The first-order valence-corrected chi connectivity index (χ1v) is 6.88. The van der Waals surface area contributed by atoms with E-state index in [-0.39, 0.29) is 12.1 Å². The number of esters is 1. The first-order chi connectivity index (χ1) is 9.67. The van der Waals surface area contributed by atoms with Crippen LogP contribution < -0.4 is 0 Å². The molecule has 0 amide bonds. The summed E-state index contributed by atoms with van der Waals surface area (Å²) in [4.78, 5) is 11.8. The van der Waals surface area contributed by atoms with Crippen molar-refractivity contribution < 1.29 is 19.0 Å². The molecule has 20 heavy (non-hydrogen) atoms. The van der Waals surface area contributed by atoms with Gasteiger partial charge in [-0.2, -0.15) is 0 Å². The van der Waals surface area contributed by atoms with E-state index in [1.54, 1.807) is 6.07 Å². The smallest absolute Gasteiger partial charge is 0.354 e. The molecule has 0 radical (unpaired) electrons. The summed E-state index contributed by atoms with van der Waals surface area (Å²) < 4.78 is 18.8. The van der Waals surface area contributed by atoms with Crippen LogP contribution in [-0.2, 0) is 27.4 Å². The van der Waals surface area contributed by atoms with Gasteiger partial charge in [-0.05, 0) is 25.0 Å². The maximum atomic E-state index is 11.8. The lowest BCUT2D eigenvalue weighted by molar-refractivity contribution is -0.293. The lowest BCUT2D eigenvalue weighted by atomic mass is 10.00. The Labute approximate surface area is 118 Å². The highest BCUT2D eigenvalue weighted by Crippen LogP contribution is 2.36. The van der Waals surface area contributed by atoms with E-state index in [4.69, 9.17) is 14.2 Å². The second kappa shape index (κ2) is 5.07. The third-order valence-corrected chi connectivity index (χ3v) is 4.02. The molecular formula is C15H19NO4. The zero-order valence-corrected chi connectivity index (χ0v) is 11.6. The zero-order chi connectivity index (χ0) is 14.2. The number of aromatic nitrogens is 1. The van der Waals surface area contributed by atoms with Gasteiger partial charge in [0.25, 0.3) is 0 Å². The number of hydrogen-bond donors (Lipinski definition) is 0. The van der Waals surface area contributed by atoms with Crippen LogP contribution in [0, 0.1) is 0 Å². The van der Waals surface area contributed by atoms with Gasteiger partial charge in [0.2, 0.25) is 0 Å². The zero-order valence-electron chi connectivity index (χ0n) is 11.6. The Balaban J connectivity index is 1.88. The molecule has 1 saturated heterocycles. The number of carbonyl (C=O) groups is 1. The maximum Gasteiger partial charge on any atom is 0.354 e. The lowest BCUT2D eigenvalue weighted by Crippen LogP contribution is -2.49. The van der Waals surface area contributed by atoms with Gasteiger partial charge in [-0.3, -0.25) is 0 Å². The number of nitrogens with zero attached hydrogens (tertiary/aromatic N) is 1. The minimum atomic E-state index is -0.647. The molecule has 2 atom stereocenters. The van der Waals surface area contributed by atoms with E-state index in [2.05, 4.69) is 6.58 Å². The van der Waals surface area contributed by atoms with E-state index in [9.17, 15) is 4.79 Å². The molecule has 2 aliphatic heterocycles. The minimum Gasteiger partial charge on any atom is -0.464 e. The predicted octanol–water partition coefficient (Wildman–Crippen LogP) is 2.26. The molecule has 0 bridgehead atoms. The van der Waals surface area contributed by atoms with Crippen LogP contribution in [0.3, 0.4) is 0 Å². The Kier molecular flexibility index (Phi) is 3.40. The van der Waals surface area contributed by atoms with Crippen molar-refractivity contribution in [2.45, 2.75) is 44.3 Å². The molecule has 5 nitrogen and oxygen atoms in total. The average molecular weight is 277 g/mol. The van der Waals surface area contributed by atoms with Crippen molar-refractivity contribution in [1.82, 2.24) is 4.57 Å². The summed E-state index contributed by atoms with van der Waals surface area (Å²) in [6.45, 7) is 4.76. The van der Waals surface area contributed by atoms with Crippen molar-refractivity contribution in [3.05, 3.63) is 36.2 Å². The molecule has 0 N–H and O–H groups in total. The number of fused-ring (bicyclic) bond motifs is 1. The highest BCUT2D eigenvalue weighted by molar-refractivity contribution is 5.87. The van der Waals surface area contributed by atoms with Gasteiger partial charge in [0.05, 0.1) is 26.4 Å². The van der Waals surface area contributed by atoms with Crippen molar-refractivity contribution in [3.8, 4) is 0 Å². The molecule has 3 heterocycles. The molecule has 1 aromatic rings. The van der Waals surface area contributed by atoms with Gasteiger partial charge in [-0.1, -0.05) is 6.08 Å². The van der Waals surface area contributed by atoms with Gasteiger partial charge < -0.3 is 18.8 Å². The van der Waals surface area contributed by atoms with Crippen LogP contribution in [0.5, 0.6) is 0 Å². The molecule has 5 heteroatoms. The Morgan fingerprint density at radius 1 is 1.60 bits per heavy atom. The molecule has 0 saturated carbocycles. The molecule has 1 fully saturated rings. The van der Waals surface area contributed by atoms with Gasteiger partial charge in [0.1, 0.15) is 5.69 Å². The van der Waals surface area contributed by atoms with Gasteiger partial charge >= 0.3 is 5.97 Å². The Hall–Kier alpha value is -1.59. The fraction of sp³-hybridized carbons (Fsp3) is 0.533. The van der Waals surface area contributed by atoms with E-state index in [0.717, 1.165) is 25.0 Å². The molecule has 108 valence electrons.